The van der Waals surface area contributed by atoms with E-state index >= 15 is 0 Å². The van der Waals surface area contributed by atoms with E-state index in [0.717, 1.165) is 26.2 Å². The lowest BCUT2D eigenvalue weighted by molar-refractivity contribution is -0.148. The Kier molecular flexibility index (Phi) is 17.3. The number of rotatable bonds is 3. The first-order chi connectivity index (χ1) is 20.2. The first kappa shape index (κ1) is 46.4. The molecular weight excluding hydrogens is 584 g/mol. The molecule has 8 heteroatoms. The lowest BCUT2D eigenvalue weighted by Gasteiger charge is -2.31. The third-order valence-corrected chi connectivity index (χ3v) is 10.1. The van der Waals surface area contributed by atoms with Crippen molar-refractivity contribution in [3.05, 3.63) is 0 Å². The van der Waals surface area contributed by atoms with Gasteiger partial charge in [-0.3, -0.25) is 14.4 Å². The average Bonchev–Trinajstić information content (AvgIpc) is 3.28. The summed E-state index contributed by atoms with van der Waals surface area (Å²) in [6.07, 6.45) is 2.17. The van der Waals surface area contributed by atoms with Crippen LogP contribution in [0.25, 0.3) is 0 Å². The molecule has 3 aliphatic heterocycles. The van der Waals surface area contributed by atoms with Crippen molar-refractivity contribution in [1.82, 2.24) is 0 Å². The minimum absolute atomic E-state index is 0.00984. The van der Waals surface area contributed by atoms with E-state index in [1.165, 1.54) is 7.11 Å². The standard InChI is InChI=1S/2C8H14O2.C8H16O.C7H14O2.C7H16O/c1-7(2)5-10-6(9)8(7,3)4;1-7(2)5-6(9)10-8(7,3)4;1-7(2)5-9-6-8(7,3)4;1-7(2,3)5-6(8)9-4;1-7(2,3)5-6-8-4/h2*5H2,1-4H3;5-6H2,1-4H3;5H2,1-4H3;5-6H2,1-4H3. The van der Waals surface area contributed by atoms with E-state index in [9.17, 15) is 14.4 Å². The predicted molar refractivity (Wildman–Crippen MR) is 188 cm³/mol. The summed E-state index contributed by atoms with van der Waals surface area (Å²) in [5.41, 5.74) is 0.592. The maximum absolute atomic E-state index is 11.1. The van der Waals surface area contributed by atoms with E-state index in [2.05, 4.69) is 80.9 Å². The molecule has 0 aliphatic carbocycles. The second-order valence-electron chi connectivity index (χ2n) is 19.0. The Bertz CT molecular complexity index is 921. The number of hydrogen-bond acceptors (Lipinski definition) is 8. The number of esters is 3. The molecular formula is C38H74O8. The first-order valence-electron chi connectivity index (χ1n) is 16.7. The van der Waals surface area contributed by atoms with E-state index in [1.54, 1.807) is 7.11 Å². The molecule has 3 rings (SSSR count). The molecule has 3 aliphatic rings. The zero-order valence-corrected chi connectivity index (χ0v) is 33.7. The van der Waals surface area contributed by atoms with E-state index in [0.29, 0.717) is 35.7 Å². The SMILES string of the molecule is CC1(C)CC(=O)OC1(C)C.CC1(C)COC(=O)C1(C)C.CC1(C)COCC1(C)C.COC(=O)CC(C)(C)C.COCCC(C)(C)C. The summed E-state index contributed by atoms with van der Waals surface area (Å²) >= 11 is 0. The highest BCUT2D eigenvalue weighted by Crippen LogP contribution is 2.45. The zero-order valence-electron chi connectivity index (χ0n) is 33.7. The summed E-state index contributed by atoms with van der Waals surface area (Å²) in [5, 5.41) is 0. The molecule has 0 aromatic carbocycles. The molecule has 3 fully saturated rings. The summed E-state index contributed by atoms with van der Waals surface area (Å²) in [7, 11) is 3.15. The van der Waals surface area contributed by atoms with E-state index in [-0.39, 0.29) is 45.2 Å². The molecule has 0 spiro atoms. The van der Waals surface area contributed by atoms with Gasteiger partial charge in [-0.15, -0.1) is 0 Å². The number of methoxy groups -OCH3 is 2. The van der Waals surface area contributed by atoms with Crippen LogP contribution in [0.1, 0.15) is 144 Å². The van der Waals surface area contributed by atoms with Crippen LogP contribution < -0.4 is 0 Å². The van der Waals surface area contributed by atoms with Gasteiger partial charge >= 0.3 is 17.9 Å². The van der Waals surface area contributed by atoms with Gasteiger partial charge in [-0.05, 0) is 55.8 Å². The Balaban J connectivity index is 0. The molecule has 0 N–H and O–H groups in total. The van der Waals surface area contributed by atoms with E-state index in [4.69, 9.17) is 18.9 Å². The summed E-state index contributed by atoms with van der Waals surface area (Å²) in [6.45, 7) is 41.0. The van der Waals surface area contributed by atoms with Gasteiger partial charge in [0.2, 0.25) is 0 Å². The summed E-state index contributed by atoms with van der Waals surface area (Å²) in [5.74, 6) is -0.282. The smallest absolute Gasteiger partial charge is 0.312 e. The summed E-state index contributed by atoms with van der Waals surface area (Å²) < 4.78 is 24.8. The van der Waals surface area contributed by atoms with Gasteiger partial charge in [0, 0.05) is 24.5 Å². The van der Waals surface area contributed by atoms with Crippen molar-refractivity contribution in [2.24, 2.45) is 37.9 Å². The topological polar surface area (TPSA) is 97.4 Å². The fourth-order valence-electron chi connectivity index (χ4n) is 3.78. The van der Waals surface area contributed by atoms with Crippen LogP contribution in [-0.2, 0) is 38.1 Å². The van der Waals surface area contributed by atoms with E-state index < -0.39 is 0 Å². The third-order valence-electron chi connectivity index (χ3n) is 10.1. The quantitative estimate of drug-likeness (QED) is 0.219. The molecule has 8 nitrogen and oxygen atoms in total. The highest BCUT2D eigenvalue weighted by molar-refractivity contribution is 5.79. The van der Waals surface area contributed by atoms with Crippen LogP contribution in [0.2, 0.25) is 0 Å². The molecule has 0 aromatic rings. The highest BCUT2D eigenvalue weighted by atomic mass is 16.6. The van der Waals surface area contributed by atoms with Gasteiger partial charge in [0.05, 0.1) is 45.2 Å². The average molecular weight is 659 g/mol. The Labute approximate surface area is 283 Å². The number of carbonyl (C=O) groups excluding carboxylic acids is 3. The molecule has 46 heavy (non-hydrogen) atoms. The van der Waals surface area contributed by atoms with Crippen molar-refractivity contribution in [2.45, 2.75) is 149 Å². The summed E-state index contributed by atoms with van der Waals surface area (Å²) in [6, 6.07) is 0. The molecule has 0 bridgehead atoms. The molecule has 3 heterocycles. The van der Waals surface area contributed by atoms with Crippen LogP contribution in [0, 0.1) is 37.9 Å². The lowest BCUT2D eigenvalue weighted by Crippen LogP contribution is -2.34. The molecule has 0 amide bonds. The minimum Gasteiger partial charge on any atom is -0.469 e. The van der Waals surface area contributed by atoms with Gasteiger partial charge in [0.25, 0.3) is 0 Å². The molecule has 274 valence electrons. The van der Waals surface area contributed by atoms with Gasteiger partial charge in [-0.2, -0.15) is 0 Å². The minimum atomic E-state index is -0.312. The fraction of sp³-hybridized carbons (Fsp3) is 0.921. The van der Waals surface area contributed by atoms with Crippen LogP contribution >= 0.6 is 0 Å². The number of hydrogen-bond donors (Lipinski definition) is 0. The third kappa shape index (κ3) is 16.0. The summed E-state index contributed by atoms with van der Waals surface area (Å²) in [4.78, 5) is 32.5. The maximum Gasteiger partial charge on any atom is 0.312 e. The maximum atomic E-state index is 11.1. The monoisotopic (exact) mass is 659 g/mol. The molecule has 0 atom stereocenters. The van der Waals surface area contributed by atoms with Gasteiger partial charge < -0.3 is 23.7 Å². The molecule has 0 radical (unpaired) electrons. The van der Waals surface area contributed by atoms with Gasteiger partial charge in [0.1, 0.15) is 5.60 Å². The van der Waals surface area contributed by atoms with Crippen molar-refractivity contribution in [1.29, 1.82) is 0 Å². The van der Waals surface area contributed by atoms with Crippen LogP contribution in [0.5, 0.6) is 0 Å². The zero-order chi connectivity index (χ0) is 37.2. The van der Waals surface area contributed by atoms with Crippen molar-refractivity contribution >= 4 is 17.9 Å². The predicted octanol–water partition coefficient (Wildman–Crippen LogP) is 9.07. The molecule has 0 unspecified atom stereocenters. The van der Waals surface area contributed by atoms with Crippen LogP contribution in [0.15, 0.2) is 0 Å². The lowest BCUT2D eigenvalue weighted by atomic mass is 9.70. The van der Waals surface area contributed by atoms with Crippen molar-refractivity contribution in [3.63, 3.8) is 0 Å². The fourth-order valence-corrected chi connectivity index (χ4v) is 3.78. The van der Waals surface area contributed by atoms with Crippen LogP contribution in [0.4, 0.5) is 0 Å². The van der Waals surface area contributed by atoms with Crippen LogP contribution in [-0.4, -0.2) is 64.2 Å². The van der Waals surface area contributed by atoms with Gasteiger partial charge in [-0.25, -0.2) is 0 Å². The second-order valence-corrected chi connectivity index (χ2v) is 19.0. The Morgan fingerprint density at radius 2 is 1.15 bits per heavy atom. The second kappa shape index (κ2) is 17.1. The molecule has 0 aromatic heterocycles. The number of cyclic esters (lactones) is 2. The number of ether oxygens (including phenoxy) is 5. The first-order valence-corrected chi connectivity index (χ1v) is 16.7. The van der Waals surface area contributed by atoms with Crippen molar-refractivity contribution in [2.75, 3.05) is 40.6 Å². The Morgan fingerprint density at radius 1 is 0.696 bits per heavy atom. The Hall–Kier alpha value is -1.67. The largest absolute Gasteiger partial charge is 0.469 e. The van der Waals surface area contributed by atoms with Crippen LogP contribution in [0.3, 0.4) is 0 Å². The normalized spacial score (nSPS) is 22.5. The van der Waals surface area contributed by atoms with Gasteiger partial charge in [-0.1, -0.05) is 96.9 Å². The van der Waals surface area contributed by atoms with Crippen molar-refractivity contribution < 1.29 is 38.1 Å². The molecule has 0 saturated carbocycles. The molecule has 3 saturated heterocycles. The number of carbonyl (C=O) groups is 3. The van der Waals surface area contributed by atoms with E-state index in [1.807, 2.05) is 48.5 Å². The highest BCUT2D eigenvalue weighted by Gasteiger charge is 2.50. The van der Waals surface area contributed by atoms with Crippen molar-refractivity contribution in [3.8, 4) is 0 Å². The Morgan fingerprint density at radius 3 is 1.26 bits per heavy atom. The van der Waals surface area contributed by atoms with Gasteiger partial charge in [0.15, 0.2) is 0 Å².